The first kappa shape index (κ1) is 10.3. The van der Waals surface area contributed by atoms with Gasteiger partial charge in [-0.3, -0.25) is 0 Å². The van der Waals surface area contributed by atoms with E-state index in [0.717, 1.165) is 13.0 Å². The molecular weight excluding hydrogens is 178 g/mol. The summed E-state index contributed by atoms with van der Waals surface area (Å²) >= 11 is 0. The zero-order valence-electron chi connectivity index (χ0n) is 8.20. The van der Waals surface area contributed by atoms with Crippen molar-refractivity contribution in [3.05, 3.63) is 18.2 Å². The molecule has 0 fully saturated rings. The van der Waals surface area contributed by atoms with E-state index in [2.05, 4.69) is 21.4 Å². The first-order valence-electron chi connectivity index (χ1n) is 4.47. The van der Waals surface area contributed by atoms with Crippen LogP contribution in [0.5, 0.6) is 0 Å². The standard InChI is InChI=1S/C9H15N5/c1-2-3-4-5-12-8-6-7(10)13-9(11)14-8/h2-3,6H,4-5H2,1H3,(H5,10,11,12,13,14)/b3-2+. The van der Waals surface area contributed by atoms with Gasteiger partial charge in [-0.15, -0.1) is 0 Å². The van der Waals surface area contributed by atoms with Gasteiger partial charge in [0.15, 0.2) is 0 Å². The zero-order valence-corrected chi connectivity index (χ0v) is 8.20. The second-order valence-corrected chi connectivity index (χ2v) is 2.82. The highest BCUT2D eigenvalue weighted by Crippen LogP contribution is 2.08. The van der Waals surface area contributed by atoms with E-state index in [1.165, 1.54) is 0 Å². The summed E-state index contributed by atoms with van der Waals surface area (Å²) in [6, 6.07) is 1.66. The number of hydrogen-bond donors (Lipinski definition) is 3. The van der Waals surface area contributed by atoms with E-state index in [1.807, 2.05) is 13.0 Å². The highest BCUT2D eigenvalue weighted by molar-refractivity contribution is 5.48. The topological polar surface area (TPSA) is 89.8 Å². The maximum absolute atomic E-state index is 5.50. The van der Waals surface area contributed by atoms with Crippen LogP contribution in [-0.4, -0.2) is 16.5 Å². The summed E-state index contributed by atoms with van der Waals surface area (Å²) in [5.41, 5.74) is 10.9. The minimum Gasteiger partial charge on any atom is -0.383 e. The van der Waals surface area contributed by atoms with Gasteiger partial charge in [0.1, 0.15) is 11.6 Å². The fraction of sp³-hybridized carbons (Fsp3) is 0.333. The molecule has 1 aromatic heterocycles. The number of allylic oxidation sites excluding steroid dienone is 1. The summed E-state index contributed by atoms with van der Waals surface area (Å²) in [5, 5.41) is 3.10. The molecule has 1 aromatic rings. The Labute approximate surface area is 83.2 Å². The van der Waals surface area contributed by atoms with Crippen molar-refractivity contribution in [2.75, 3.05) is 23.3 Å². The second kappa shape index (κ2) is 5.06. The van der Waals surface area contributed by atoms with Gasteiger partial charge in [0.05, 0.1) is 0 Å². The molecule has 14 heavy (non-hydrogen) atoms. The zero-order chi connectivity index (χ0) is 10.4. The lowest BCUT2D eigenvalue weighted by molar-refractivity contribution is 1.04. The molecule has 0 aliphatic carbocycles. The predicted molar refractivity (Wildman–Crippen MR) is 58.8 cm³/mol. The third-order valence-electron chi connectivity index (χ3n) is 1.62. The number of aromatic nitrogens is 2. The maximum atomic E-state index is 5.50. The molecule has 0 radical (unpaired) electrons. The van der Waals surface area contributed by atoms with Crippen molar-refractivity contribution in [2.45, 2.75) is 13.3 Å². The highest BCUT2D eigenvalue weighted by atomic mass is 15.1. The van der Waals surface area contributed by atoms with E-state index in [1.54, 1.807) is 6.07 Å². The molecular formula is C9H15N5. The molecule has 0 aliphatic rings. The summed E-state index contributed by atoms with van der Waals surface area (Å²) in [7, 11) is 0. The van der Waals surface area contributed by atoms with Crippen molar-refractivity contribution in [2.24, 2.45) is 0 Å². The summed E-state index contributed by atoms with van der Waals surface area (Å²) in [6.45, 7) is 2.79. The van der Waals surface area contributed by atoms with Crippen molar-refractivity contribution >= 4 is 17.6 Å². The van der Waals surface area contributed by atoms with Crippen molar-refractivity contribution in [3.8, 4) is 0 Å². The van der Waals surface area contributed by atoms with Crippen LogP contribution in [0.25, 0.3) is 0 Å². The first-order chi connectivity index (χ1) is 6.72. The molecule has 1 heterocycles. The Morgan fingerprint density at radius 2 is 2.21 bits per heavy atom. The summed E-state index contributed by atoms with van der Waals surface area (Å²) in [6.07, 6.45) is 5.02. The number of nitrogens with two attached hydrogens (primary N) is 2. The van der Waals surface area contributed by atoms with Gasteiger partial charge in [0, 0.05) is 12.6 Å². The number of nitrogens with one attached hydrogen (secondary N) is 1. The van der Waals surface area contributed by atoms with E-state index in [4.69, 9.17) is 11.5 Å². The van der Waals surface area contributed by atoms with Crippen LogP contribution < -0.4 is 16.8 Å². The quantitative estimate of drug-likeness (QED) is 0.490. The number of hydrogen-bond acceptors (Lipinski definition) is 5. The minimum atomic E-state index is 0.193. The molecule has 0 amide bonds. The van der Waals surface area contributed by atoms with Gasteiger partial charge >= 0.3 is 0 Å². The molecule has 0 unspecified atom stereocenters. The molecule has 0 saturated carbocycles. The van der Waals surface area contributed by atoms with Crippen molar-refractivity contribution in [1.29, 1.82) is 0 Å². The summed E-state index contributed by atoms with van der Waals surface area (Å²) in [5.74, 6) is 1.24. The smallest absolute Gasteiger partial charge is 0.223 e. The lowest BCUT2D eigenvalue weighted by Gasteiger charge is -2.04. The van der Waals surface area contributed by atoms with Gasteiger partial charge in [-0.05, 0) is 13.3 Å². The SMILES string of the molecule is C/C=C/CCNc1cc(N)nc(N)n1. The van der Waals surface area contributed by atoms with Crippen LogP contribution in [0.3, 0.4) is 0 Å². The Kier molecular flexibility index (Phi) is 3.72. The van der Waals surface area contributed by atoms with Gasteiger partial charge in [-0.25, -0.2) is 0 Å². The second-order valence-electron chi connectivity index (χ2n) is 2.82. The van der Waals surface area contributed by atoms with Gasteiger partial charge < -0.3 is 16.8 Å². The van der Waals surface area contributed by atoms with Crippen LogP contribution in [0.4, 0.5) is 17.6 Å². The normalized spacial score (nSPS) is 10.6. The fourth-order valence-corrected chi connectivity index (χ4v) is 1.03. The van der Waals surface area contributed by atoms with Crippen LogP contribution in [-0.2, 0) is 0 Å². The summed E-state index contributed by atoms with van der Waals surface area (Å²) in [4.78, 5) is 7.75. The molecule has 0 aliphatic heterocycles. The molecule has 76 valence electrons. The minimum absolute atomic E-state index is 0.193. The molecule has 0 bridgehead atoms. The Bertz CT molecular complexity index is 301. The Hall–Kier alpha value is -1.78. The summed E-state index contributed by atoms with van der Waals surface area (Å²) < 4.78 is 0. The van der Waals surface area contributed by atoms with E-state index in [-0.39, 0.29) is 5.95 Å². The molecule has 5 heteroatoms. The lowest BCUT2D eigenvalue weighted by atomic mass is 10.4. The molecule has 5 N–H and O–H groups in total. The molecule has 1 rings (SSSR count). The largest absolute Gasteiger partial charge is 0.383 e. The van der Waals surface area contributed by atoms with E-state index in [9.17, 15) is 0 Å². The van der Waals surface area contributed by atoms with Crippen molar-refractivity contribution < 1.29 is 0 Å². The van der Waals surface area contributed by atoms with Gasteiger partial charge in [-0.2, -0.15) is 9.97 Å². The van der Waals surface area contributed by atoms with Crippen LogP contribution in [0, 0.1) is 0 Å². The van der Waals surface area contributed by atoms with Crippen molar-refractivity contribution in [1.82, 2.24) is 9.97 Å². The Balaban J connectivity index is 2.50. The molecule has 0 spiro atoms. The monoisotopic (exact) mass is 193 g/mol. The van der Waals surface area contributed by atoms with E-state index < -0.39 is 0 Å². The Morgan fingerprint density at radius 1 is 1.43 bits per heavy atom. The third kappa shape index (κ3) is 3.30. The number of nitrogen functional groups attached to an aromatic ring is 2. The van der Waals surface area contributed by atoms with E-state index in [0.29, 0.717) is 11.6 Å². The third-order valence-corrected chi connectivity index (χ3v) is 1.62. The average Bonchev–Trinajstić information content (AvgIpc) is 2.11. The fourth-order valence-electron chi connectivity index (χ4n) is 1.03. The lowest BCUT2D eigenvalue weighted by Crippen LogP contribution is -2.06. The van der Waals surface area contributed by atoms with Gasteiger partial charge in [0.25, 0.3) is 0 Å². The number of anilines is 3. The Morgan fingerprint density at radius 3 is 2.86 bits per heavy atom. The number of nitrogens with zero attached hydrogens (tertiary/aromatic N) is 2. The molecule has 5 nitrogen and oxygen atoms in total. The van der Waals surface area contributed by atoms with E-state index >= 15 is 0 Å². The van der Waals surface area contributed by atoms with Crippen LogP contribution in [0.15, 0.2) is 18.2 Å². The van der Waals surface area contributed by atoms with Crippen LogP contribution in [0.1, 0.15) is 13.3 Å². The van der Waals surface area contributed by atoms with Gasteiger partial charge in [0.2, 0.25) is 5.95 Å². The maximum Gasteiger partial charge on any atom is 0.223 e. The van der Waals surface area contributed by atoms with Crippen LogP contribution >= 0.6 is 0 Å². The average molecular weight is 193 g/mol. The first-order valence-corrected chi connectivity index (χ1v) is 4.47. The molecule has 0 saturated heterocycles. The van der Waals surface area contributed by atoms with Crippen LogP contribution in [0.2, 0.25) is 0 Å². The van der Waals surface area contributed by atoms with Crippen molar-refractivity contribution in [3.63, 3.8) is 0 Å². The molecule has 0 aromatic carbocycles. The number of rotatable bonds is 4. The van der Waals surface area contributed by atoms with Gasteiger partial charge in [-0.1, -0.05) is 12.2 Å². The molecule has 0 atom stereocenters. The highest BCUT2D eigenvalue weighted by Gasteiger charge is 1.97. The predicted octanol–water partition coefficient (Wildman–Crippen LogP) is 1.02.